The minimum Gasteiger partial charge on any atom is -0.480 e. The van der Waals surface area contributed by atoms with Gasteiger partial charge in [-0.3, -0.25) is 14.9 Å². The van der Waals surface area contributed by atoms with Crippen LogP contribution in [0.15, 0.2) is 12.1 Å². The van der Waals surface area contributed by atoms with Crippen LogP contribution in [0, 0.1) is 10.1 Å². The maximum Gasteiger partial charge on any atom is 0.416 e. The molecule has 23 heavy (non-hydrogen) atoms. The fourth-order valence-corrected chi connectivity index (χ4v) is 1.66. The summed E-state index contributed by atoms with van der Waals surface area (Å²) in [7, 11) is 1.03. The second-order valence-electron chi connectivity index (χ2n) is 4.64. The van der Waals surface area contributed by atoms with Crippen molar-refractivity contribution < 1.29 is 32.8 Å². The summed E-state index contributed by atoms with van der Waals surface area (Å²) < 4.78 is 38.4. The first-order valence-corrected chi connectivity index (χ1v) is 6.03. The van der Waals surface area contributed by atoms with Crippen molar-refractivity contribution in [3.63, 3.8) is 0 Å². The van der Waals surface area contributed by atoms with E-state index >= 15 is 0 Å². The van der Waals surface area contributed by atoms with Crippen molar-refractivity contribution >= 4 is 23.3 Å². The molecule has 11 heteroatoms. The monoisotopic (exact) mass is 335 g/mol. The van der Waals surface area contributed by atoms with Crippen LogP contribution in [0.5, 0.6) is 0 Å². The van der Waals surface area contributed by atoms with E-state index < -0.39 is 51.5 Å². The van der Waals surface area contributed by atoms with Gasteiger partial charge in [-0.1, -0.05) is 0 Å². The van der Waals surface area contributed by atoms with E-state index in [1.165, 1.54) is 0 Å². The highest BCUT2D eigenvalue weighted by Gasteiger charge is 2.36. The van der Waals surface area contributed by atoms with Crippen LogP contribution in [-0.4, -0.2) is 39.9 Å². The second kappa shape index (κ2) is 6.10. The van der Waals surface area contributed by atoms with Crippen molar-refractivity contribution in [1.82, 2.24) is 4.90 Å². The first-order valence-electron chi connectivity index (χ1n) is 6.03. The van der Waals surface area contributed by atoms with Crippen molar-refractivity contribution in [3.05, 3.63) is 33.4 Å². The lowest BCUT2D eigenvalue weighted by Crippen LogP contribution is -2.40. The van der Waals surface area contributed by atoms with Crippen LogP contribution in [0.2, 0.25) is 0 Å². The van der Waals surface area contributed by atoms with E-state index in [9.17, 15) is 32.9 Å². The molecule has 1 aromatic rings. The van der Waals surface area contributed by atoms with Crippen molar-refractivity contribution in [2.75, 3.05) is 12.8 Å². The first kappa shape index (κ1) is 18.2. The fraction of sp³-hybridized carbons (Fsp3) is 0.333. The molecule has 1 amide bonds. The summed E-state index contributed by atoms with van der Waals surface area (Å²) in [5, 5.41) is 19.7. The summed E-state index contributed by atoms with van der Waals surface area (Å²) in [6.07, 6.45) is -4.94. The number of rotatable bonds is 4. The molecule has 126 valence electrons. The number of carbonyl (C=O) groups is 2. The van der Waals surface area contributed by atoms with E-state index in [1.54, 1.807) is 0 Å². The second-order valence-corrected chi connectivity index (χ2v) is 4.64. The summed E-state index contributed by atoms with van der Waals surface area (Å²) in [5.74, 6) is -2.58. The van der Waals surface area contributed by atoms with Gasteiger partial charge in [0.25, 0.3) is 11.6 Å². The number of hydrogen-bond acceptors (Lipinski definition) is 5. The molecule has 0 radical (unpaired) electrons. The van der Waals surface area contributed by atoms with Gasteiger partial charge in [0.05, 0.1) is 16.1 Å². The van der Waals surface area contributed by atoms with Gasteiger partial charge in [-0.25, -0.2) is 4.79 Å². The lowest BCUT2D eigenvalue weighted by Gasteiger charge is -2.22. The topological polar surface area (TPSA) is 127 Å². The molecule has 0 saturated heterocycles. The summed E-state index contributed by atoms with van der Waals surface area (Å²) in [5.41, 5.74) is 1.34. The molecule has 0 saturated carbocycles. The van der Waals surface area contributed by atoms with E-state index in [1.807, 2.05) is 0 Å². The number of nitro groups is 1. The van der Waals surface area contributed by atoms with E-state index in [-0.39, 0.29) is 6.07 Å². The third kappa shape index (κ3) is 3.67. The molecule has 8 nitrogen and oxygen atoms in total. The minimum absolute atomic E-state index is 0.215. The van der Waals surface area contributed by atoms with Gasteiger partial charge in [-0.2, -0.15) is 13.2 Å². The van der Waals surface area contributed by atoms with Gasteiger partial charge in [0, 0.05) is 13.1 Å². The predicted octanol–water partition coefficient (Wildman–Crippen LogP) is 1.74. The van der Waals surface area contributed by atoms with Crippen LogP contribution < -0.4 is 5.73 Å². The van der Waals surface area contributed by atoms with Crippen LogP contribution >= 0.6 is 0 Å². The zero-order chi connectivity index (χ0) is 18.1. The number of nitrogens with two attached hydrogens (primary N) is 1. The van der Waals surface area contributed by atoms with Crippen LogP contribution in [-0.2, 0) is 11.0 Å². The summed E-state index contributed by atoms with van der Waals surface area (Å²) in [6.45, 7) is 1.12. The molecule has 0 heterocycles. The highest BCUT2D eigenvalue weighted by molar-refractivity contribution is 6.02. The fourth-order valence-electron chi connectivity index (χ4n) is 1.66. The maximum absolute atomic E-state index is 12.8. The number of carbonyl (C=O) groups excluding carboxylic acids is 1. The largest absolute Gasteiger partial charge is 0.480 e. The number of nitro benzene ring substituents is 1. The Morgan fingerprint density at radius 2 is 1.91 bits per heavy atom. The highest BCUT2D eigenvalue weighted by Crippen LogP contribution is 2.36. The quantitative estimate of drug-likeness (QED) is 0.490. The number of amides is 1. The van der Waals surface area contributed by atoms with E-state index in [4.69, 9.17) is 10.8 Å². The van der Waals surface area contributed by atoms with Crippen molar-refractivity contribution in [2.45, 2.75) is 19.1 Å². The predicted molar refractivity (Wildman–Crippen MR) is 71.7 cm³/mol. The number of aliphatic carboxylic acids is 1. The smallest absolute Gasteiger partial charge is 0.416 e. The normalized spacial score (nSPS) is 12.6. The average molecular weight is 335 g/mol. The number of hydrogen-bond donors (Lipinski definition) is 2. The molecule has 1 rings (SSSR count). The summed E-state index contributed by atoms with van der Waals surface area (Å²) in [6, 6.07) is -0.793. The highest BCUT2D eigenvalue weighted by atomic mass is 19.4. The lowest BCUT2D eigenvalue weighted by molar-refractivity contribution is -0.384. The number of carboxylic acids is 1. The number of likely N-dealkylation sites (N-methyl/N-ethyl adjacent to an activating group) is 1. The molecule has 0 aliphatic carbocycles. The Bertz CT molecular complexity index is 675. The van der Waals surface area contributed by atoms with Crippen LogP contribution in [0.3, 0.4) is 0 Å². The van der Waals surface area contributed by atoms with E-state index in [2.05, 4.69) is 0 Å². The maximum atomic E-state index is 12.8. The Balaban J connectivity index is 3.51. The van der Waals surface area contributed by atoms with Gasteiger partial charge in [-0.05, 0) is 13.0 Å². The number of anilines is 1. The van der Waals surface area contributed by atoms with Crippen molar-refractivity contribution in [3.8, 4) is 0 Å². The Morgan fingerprint density at radius 1 is 1.39 bits per heavy atom. The Hall–Kier alpha value is -2.85. The lowest BCUT2D eigenvalue weighted by atomic mass is 10.0. The minimum atomic E-state index is -4.94. The third-order valence-electron chi connectivity index (χ3n) is 3.17. The number of nitrogen functional groups attached to an aromatic ring is 1. The molecule has 0 aliphatic heterocycles. The molecule has 0 spiro atoms. The standard InChI is InChI=1S/C12H12F3N3O5/c1-5(11(20)21)17(2)10(19)7-3-6(12(13,14)15)4-8(9(7)16)18(22)23/h3-5H,16H2,1-2H3,(H,20,21)/t5-/m0/s1. The van der Waals surface area contributed by atoms with Crippen molar-refractivity contribution in [1.29, 1.82) is 0 Å². The molecule has 0 bridgehead atoms. The number of alkyl halides is 3. The van der Waals surface area contributed by atoms with Gasteiger partial charge in [0.15, 0.2) is 0 Å². The number of carboxylic acid groups (broad SMARTS) is 1. The Labute approximate surface area is 127 Å². The third-order valence-corrected chi connectivity index (χ3v) is 3.17. The van der Waals surface area contributed by atoms with Gasteiger partial charge in [-0.15, -0.1) is 0 Å². The van der Waals surface area contributed by atoms with Gasteiger partial charge in [0.1, 0.15) is 11.7 Å². The molecular weight excluding hydrogens is 323 g/mol. The zero-order valence-corrected chi connectivity index (χ0v) is 11.9. The summed E-state index contributed by atoms with van der Waals surface area (Å²) in [4.78, 5) is 33.3. The van der Waals surface area contributed by atoms with Crippen molar-refractivity contribution in [2.24, 2.45) is 0 Å². The molecule has 0 unspecified atom stereocenters. The molecule has 1 atom stereocenters. The number of nitrogens with zero attached hydrogens (tertiary/aromatic N) is 2. The summed E-state index contributed by atoms with van der Waals surface area (Å²) >= 11 is 0. The molecule has 0 aliphatic rings. The number of benzene rings is 1. The van der Waals surface area contributed by atoms with Crippen LogP contribution in [0.4, 0.5) is 24.5 Å². The molecule has 0 fully saturated rings. The molecule has 0 aromatic heterocycles. The van der Waals surface area contributed by atoms with E-state index in [0.29, 0.717) is 11.0 Å². The Morgan fingerprint density at radius 3 is 2.30 bits per heavy atom. The first-order chi connectivity index (χ1) is 10.4. The number of halogens is 3. The zero-order valence-electron chi connectivity index (χ0n) is 11.9. The van der Waals surface area contributed by atoms with Gasteiger partial charge in [0.2, 0.25) is 0 Å². The molecule has 3 N–H and O–H groups in total. The average Bonchev–Trinajstić information content (AvgIpc) is 2.43. The molecular formula is C12H12F3N3O5. The Kier molecular flexibility index (Phi) is 4.83. The van der Waals surface area contributed by atoms with Gasteiger partial charge >= 0.3 is 12.1 Å². The van der Waals surface area contributed by atoms with Crippen LogP contribution in [0.25, 0.3) is 0 Å². The SMILES string of the molecule is C[C@@H](C(=O)O)N(C)C(=O)c1cc(C(F)(F)F)cc([N+](=O)[O-])c1N. The molecule has 1 aromatic carbocycles. The van der Waals surface area contributed by atoms with E-state index in [0.717, 1.165) is 14.0 Å². The van der Waals surface area contributed by atoms with Crippen LogP contribution in [0.1, 0.15) is 22.8 Å². The van der Waals surface area contributed by atoms with Gasteiger partial charge < -0.3 is 15.7 Å².